The normalized spacial score (nSPS) is 18.0. The first-order valence-corrected chi connectivity index (χ1v) is 16.6. The maximum Gasteiger partial charge on any atom is 0.148 e. The van der Waals surface area contributed by atoms with Crippen molar-refractivity contribution in [1.29, 1.82) is 0 Å². The van der Waals surface area contributed by atoms with E-state index in [2.05, 4.69) is 105 Å². The lowest BCUT2D eigenvalue weighted by atomic mass is 9.89. The number of aromatic nitrogens is 2. The fourth-order valence-electron chi connectivity index (χ4n) is 7.04. The molecular formula is C35H43ClN6S. The van der Waals surface area contributed by atoms with Gasteiger partial charge in [-0.3, -0.25) is 0 Å². The Kier molecular flexibility index (Phi) is 9.24. The van der Waals surface area contributed by atoms with Gasteiger partial charge in [0.1, 0.15) is 5.84 Å². The van der Waals surface area contributed by atoms with E-state index in [1.54, 1.807) is 11.3 Å². The van der Waals surface area contributed by atoms with Crippen molar-refractivity contribution in [1.82, 2.24) is 19.8 Å². The number of nitrogens with zero attached hydrogens (tertiary/aromatic N) is 3. The van der Waals surface area contributed by atoms with E-state index < -0.39 is 0 Å². The summed E-state index contributed by atoms with van der Waals surface area (Å²) in [5.74, 6) is 2.11. The lowest BCUT2D eigenvalue weighted by molar-refractivity contribution is 0.223. The molecule has 0 aliphatic carbocycles. The Bertz CT molecular complexity index is 1670. The van der Waals surface area contributed by atoms with Gasteiger partial charge in [0, 0.05) is 39.9 Å². The van der Waals surface area contributed by atoms with Gasteiger partial charge in [-0.2, -0.15) is 0 Å². The van der Waals surface area contributed by atoms with Gasteiger partial charge in [0.05, 0.1) is 10.6 Å². The van der Waals surface area contributed by atoms with Crippen LogP contribution in [0.25, 0.3) is 21.8 Å². The van der Waals surface area contributed by atoms with E-state index in [9.17, 15) is 0 Å². The summed E-state index contributed by atoms with van der Waals surface area (Å²) in [5.41, 5.74) is 7.36. The zero-order chi connectivity index (χ0) is 28.5. The number of rotatable bonds is 7. The number of amidine groups is 1. The van der Waals surface area contributed by atoms with Gasteiger partial charge in [-0.1, -0.05) is 19.9 Å². The molecular weight excluding hydrogens is 572 g/mol. The van der Waals surface area contributed by atoms with Gasteiger partial charge >= 0.3 is 0 Å². The molecule has 6 nitrogen and oxygen atoms in total. The standard InChI is InChI=1S/C35H42N6S.ClH/c1-3-40-15-11-24(12-16-40)30-22-36-32-9-7-26(20-28(30)32)38-35(34-6-5-19-42-34)39-27-8-10-33-29(21-27)31(23-37-33)25-13-17-41(4-2)18-14-25;/h5-10,19-25,36-37H,3-4,11-18H2,1-2H3,(H,38,39);1H. The van der Waals surface area contributed by atoms with Gasteiger partial charge in [0.25, 0.3) is 0 Å². The second-order valence-corrected chi connectivity index (χ2v) is 12.9. The number of aliphatic imine (C=N–C) groups is 1. The molecule has 2 fully saturated rings. The summed E-state index contributed by atoms with van der Waals surface area (Å²) >= 11 is 1.72. The largest absolute Gasteiger partial charge is 0.361 e. The molecule has 43 heavy (non-hydrogen) atoms. The highest BCUT2D eigenvalue weighted by Crippen LogP contribution is 2.36. The van der Waals surface area contributed by atoms with Crippen molar-refractivity contribution in [2.45, 2.75) is 51.4 Å². The number of piperidine rings is 2. The summed E-state index contributed by atoms with van der Waals surface area (Å²) in [5, 5.41) is 8.47. The zero-order valence-electron chi connectivity index (χ0n) is 25.2. The fourth-order valence-corrected chi connectivity index (χ4v) is 7.71. The second-order valence-electron chi connectivity index (χ2n) is 12.0. The number of fused-ring (bicyclic) bond motifs is 2. The molecule has 2 aliphatic rings. The topological polar surface area (TPSA) is 62.5 Å². The molecule has 0 radical (unpaired) electrons. The van der Waals surface area contributed by atoms with E-state index >= 15 is 0 Å². The highest BCUT2D eigenvalue weighted by atomic mass is 35.5. The molecule has 3 aromatic heterocycles. The first kappa shape index (κ1) is 29.9. The first-order chi connectivity index (χ1) is 20.7. The van der Waals surface area contributed by atoms with Crippen LogP contribution in [0.4, 0.5) is 11.4 Å². The Hall–Kier alpha value is -3.10. The second kappa shape index (κ2) is 13.3. The lowest BCUT2D eigenvalue weighted by Gasteiger charge is -2.31. The minimum absolute atomic E-state index is 0. The molecule has 7 rings (SSSR count). The van der Waals surface area contributed by atoms with E-state index in [1.165, 1.54) is 84.8 Å². The van der Waals surface area contributed by atoms with Gasteiger partial charge in [-0.15, -0.1) is 23.7 Å². The molecule has 0 amide bonds. The van der Waals surface area contributed by atoms with Crippen LogP contribution in [-0.2, 0) is 0 Å². The number of anilines is 1. The van der Waals surface area contributed by atoms with Crippen LogP contribution in [0.1, 0.15) is 67.4 Å². The highest BCUT2D eigenvalue weighted by Gasteiger charge is 2.23. The summed E-state index contributed by atoms with van der Waals surface area (Å²) < 4.78 is 0. The van der Waals surface area contributed by atoms with Crippen molar-refractivity contribution in [3.05, 3.63) is 82.3 Å². The summed E-state index contributed by atoms with van der Waals surface area (Å²) in [6, 6.07) is 17.5. The fraction of sp³-hybridized carbons (Fsp3) is 0.400. The smallest absolute Gasteiger partial charge is 0.148 e. The van der Waals surface area contributed by atoms with E-state index in [-0.39, 0.29) is 12.4 Å². The molecule has 0 saturated carbocycles. The lowest BCUT2D eigenvalue weighted by Crippen LogP contribution is -2.32. The Balaban J connectivity index is 0.00000329. The van der Waals surface area contributed by atoms with Crippen LogP contribution in [0.5, 0.6) is 0 Å². The van der Waals surface area contributed by atoms with Crippen molar-refractivity contribution >= 4 is 62.8 Å². The average Bonchev–Trinajstić information content (AvgIpc) is 3.81. The van der Waals surface area contributed by atoms with Gasteiger partial charge in [-0.25, -0.2) is 4.99 Å². The SMILES string of the molecule is CCN1CCC(c2c[nH]c3ccc(N=C(Nc4ccc5[nH]cc(C6CCN(CC)CC6)c5c4)c4cccs4)cc23)CC1.Cl. The number of halogens is 1. The Morgan fingerprint density at radius 3 is 1.95 bits per heavy atom. The Morgan fingerprint density at radius 1 is 0.814 bits per heavy atom. The maximum atomic E-state index is 5.22. The van der Waals surface area contributed by atoms with Crippen molar-refractivity contribution in [2.24, 2.45) is 4.99 Å². The number of benzene rings is 2. The Labute approximate surface area is 265 Å². The van der Waals surface area contributed by atoms with Crippen LogP contribution in [0.2, 0.25) is 0 Å². The molecule has 2 saturated heterocycles. The molecule has 0 unspecified atom stereocenters. The summed E-state index contributed by atoms with van der Waals surface area (Å²) in [7, 11) is 0. The van der Waals surface area contributed by atoms with Crippen molar-refractivity contribution in [3.8, 4) is 0 Å². The third kappa shape index (κ3) is 6.27. The molecule has 5 heterocycles. The molecule has 5 aromatic rings. The van der Waals surface area contributed by atoms with E-state index in [0.717, 1.165) is 35.2 Å². The van der Waals surface area contributed by atoms with Crippen LogP contribution < -0.4 is 5.32 Å². The highest BCUT2D eigenvalue weighted by molar-refractivity contribution is 7.12. The molecule has 0 spiro atoms. The predicted octanol–water partition coefficient (Wildman–Crippen LogP) is 8.72. The molecule has 0 atom stereocenters. The van der Waals surface area contributed by atoms with Crippen LogP contribution in [-0.4, -0.2) is 64.9 Å². The van der Waals surface area contributed by atoms with E-state index in [1.807, 2.05) is 0 Å². The van der Waals surface area contributed by atoms with E-state index in [4.69, 9.17) is 4.99 Å². The third-order valence-electron chi connectivity index (χ3n) is 9.62. The van der Waals surface area contributed by atoms with Crippen molar-refractivity contribution < 1.29 is 0 Å². The van der Waals surface area contributed by atoms with Crippen LogP contribution in [0.3, 0.4) is 0 Å². The number of hydrogen-bond donors (Lipinski definition) is 3. The Morgan fingerprint density at radius 2 is 1.40 bits per heavy atom. The van der Waals surface area contributed by atoms with Gasteiger partial charge in [0.2, 0.25) is 0 Å². The number of hydrogen-bond acceptors (Lipinski definition) is 4. The number of thiophene rings is 1. The quantitative estimate of drug-likeness (QED) is 0.127. The summed E-state index contributed by atoms with van der Waals surface area (Å²) in [6.45, 7) is 11.6. The summed E-state index contributed by atoms with van der Waals surface area (Å²) in [6.07, 6.45) is 9.36. The molecule has 3 N–H and O–H groups in total. The molecule has 8 heteroatoms. The average molecular weight is 615 g/mol. The summed E-state index contributed by atoms with van der Waals surface area (Å²) in [4.78, 5) is 18.5. The van der Waals surface area contributed by atoms with E-state index in [0.29, 0.717) is 11.8 Å². The minimum Gasteiger partial charge on any atom is -0.361 e. The van der Waals surface area contributed by atoms with Gasteiger partial charge < -0.3 is 25.1 Å². The predicted molar refractivity (Wildman–Crippen MR) is 186 cm³/mol. The van der Waals surface area contributed by atoms with Crippen molar-refractivity contribution in [2.75, 3.05) is 44.6 Å². The minimum atomic E-state index is 0. The van der Waals surface area contributed by atoms with Crippen LogP contribution in [0.15, 0.2) is 71.3 Å². The zero-order valence-corrected chi connectivity index (χ0v) is 26.9. The van der Waals surface area contributed by atoms with Gasteiger partial charge in [0.15, 0.2) is 0 Å². The maximum absolute atomic E-state index is 5.22. The van der Waals surface area contributed by atoms with Crippen LogP contribution >= 0.6 is 23.7 Å². The molecule has 226 valence electrons. The van der Waals surface area contributed by atoms with Crippen LogP contribution in [0, 0.1) is 0 Å². The number of likely N-dealkylation sites (tertiary alicyclic amines) is 2. The molecule has 2 aromatic carbocycles. The number of H-pyrrole nitrogens is 2. The molecule has 0 bridgehead atoms. The monoisotopic (exact) mass is 614 g/mol. The first-order valence-electron chi connectivity index (χ1n) is 15.7. The third-order valence-corrected chi connectivity index (χ3v) is 10.5. The van der Waals surface area contributed by atoms with Gasteiger partial charge in [-0.05, 0) is 136 Å². The van der Waals surface area contributed by atoms with Crippen molar-refractivity contribution in [3.63, 3.8) is 0 Å². The number of aromatic amines is 2. The number of nitrogens with one attached hydrogen (secondary N) is 3. The molecule has 2 aliphatic heterocycles.